The van der Waals surface area contributed by atoms with E-state index in [1.165, 1.54) is 22.7 Å². The normalized spacial score (nSPS) is 12.0. The number of thiophene rings is 1. The molecule has 2 N–H and O–H groups in total. The second kappa shape index (κ2) is 6.31. The van der Waals surface area contributed by atoms with E-state index in [1.54, 1.807) is 24.4 Å². The molecule has 0 aliphatic heterocycles. The van der Waals surface area contributed by atoms with Crippen LogP contribution < -0.4 is 5.73 Å². The quantitative estimate of drug-likeness (QED) is 0.868. The molecule has 2 aromatic rings. The summed E-state index contributed by atoms with van der Waals surface area (Å²) in [7, 11) is -2.02. The van der Waals surface area contributed by atoms with Gasteiger partial charge in [-0.25, -0.2) is 8.42 Å². The van der Waals surface area contributed by atoms with Gasteiger partial charge in [0.2, 0.25) is 10.0 Å². The molecule has 2 heterocycles. The number of aromatic nitrogens is 1. The summed E-state index contributed by atoms with van der Waals surface area (Å²) in [4.78, 5) is 5.21. The van der Waals surface area contributed by atoms with Crippen LogP contribution in [0.15, 0.2) is 39.1 Å². The zero-order valence-corrected chi connectivity index (χ0v) is 14.0. The fourth-order valence-corrected chi connectivity index (χ4v) is 5.30. The van der Waals surface area contributed by atoms with Gasteiger partial charge in [0.25, 0.3) is 0 Å². The minimum atomic E-state index is -3.56. The van der Waals surface area contributed by atoms with Crippen molar-refractivity contribution in [3.8, 4) is 0 Å². The Morgan fingerprint density at radius 3 is 2.75 bits per heavy atom. The topological polar surface area (TPSA) is 76.3 Å². The van der Waals surface area contributed by atoms with Crippen LogP contribution >= 0.6 is 27.3 Å². The molecular formula is C12H14BrN3O2S2. The maximum absolute atomic E-state index is 12.5. The summed E-state index contributed by atoms with van der Waals surface area (Å²) in [6.45, 7) is 0.548. The Morgan fingerprint density at radius 2 is 2.20 bits per heavy atom. The van der Waals surface area contributed by atoms with Crippen LogP contribution in [0.4, 0.5) is 0 Å². The maximum Gasteiger partial charge on any atom is 0.245 e. The molecular weight excluding hydrogens is 362 g/mol. The number of nitrogens with two attached hydrogens (primary N) is 1. The van der Waals surface area contributed by atoms with Crippen molar-refractivity contribution in [1.29, 1.82) is 0 Å². The van der Waals surface area contributed by atoms with Crippen molar-refractivity contribution in [3.63, 3.8) is 0 Å². The highest BCUT2D eigenvalue weighted by atomic mass is 79.9. The highest BCUT2D eigenvalue weighted by Gasteiger charge is 2.25. The third-order valence-corrected chi connectivity index (χ3v) is 6.78. The molecule has 0 aromatic carbocycles. The number of nitrogens with zero attached hydrogens (tertiary/aromatic N) is 2. The number of halogens is 1. The van der Waals surface area contributed by atoms with Crippen molar-refractivity contribution in [2.75, 3.05) is 7.05 Å². The second-order valence-corrected chi connectivity index (χ2v) is 8.60. The molecule has 2 aromatic heterocycles. The summed E-state index contributed by atoms with van der Waals surface area (Å²) in [5, 5.41) is 0. The molecule has 0 aliphatic carbocycles. The molecule has 0 amide bonds. The van der Waals surface area contributed by atoms with Crippen LogP contribution in [0.1, 0.15) is 10.6 Å². The first-order valence-corrected chi connectivity index (χ1v) is 8.84. The number of hydrogen-bond donors (Lipinski definition) is 1. The standard InChI is InChI=1S/C12H14BrN3O2S2/c1-16(8-9-4-2-3-5-15-9)20(17,18)11-6-10(7-14)19-12(11)13/h2-6H,7-8,14H2,1H3. The molecule has 2 rings (SSSR count). The van der Waals surface area contributed by atoms with E-state index in [0.717, 1.165) is 4.88 Å². The van der Waals surface area contributed by atoms with Gasteiger partial charge in [0.05, 0.1) is 16.0 Å². The Balaban J connectivity index is 2.27. The Bertz CT molecular complexity index is 686. The maximum atomic E-state index is 12.5. The average molecular weight is 376 g/mol. The van der Waals surface area contributed by atoms with Crippen molar-refractivity contribution in [2.45, 2.75) is 18.0 Å². The van der Waals surface area contributed by atoms with Crippen molar-refractivity contribution in [3.05, 3.63) is 44.8 Å². The average Bonchev–Trinajstić information content (AvgIpc) is 2.82. The summed E-state index contributed by atoms with van der Waals surface area (Å²) >= 11 is 4.62. The van der Waals surface area contributed by atoms with E-state index in [9.17, 15) is 8.42 Å². The molecule has 0 radical (unpaired) electrons. The smallest absolute Gasteiger partial charge is 0.245 e. The summed E-state index contributed by atoms with van der Waals surface area (Å²) in [6, 6.07) is 7.02. The first-order chi connectivity index (χ1) is 9.45. The number of hydrogen-bond acceptors (Lipinski definition) is 5. The van der Waals surface area contributed by atoms with Crippen LogP contribution in [0.2, 0.25) is 0 Å². The molecule has 0 atom stereocenters. The second-order valence-electron chi connectivity index (χ2n) is 4.14. The predicted molar refractivity (Wildman–Crippen MR) is 82.8 cm³/mol. The molecule has 108 valence electrons. The van der Waals surface area contributed by atoms with E-state index in [-0.39, 0.29) is 11.4 Å². The third-order valence-electron chi connectivity index (χ3n) is 2.71. The van der Waals surface area contributed by atoms with E-state index >= 15 is 0 Å². The summed E-state index contributed by atoms with van der Waals surface area (Å²) in [5.41, 5.74) is 6.24. The molecule has 0 bridgehead atoms. The monoisotopic (exact) mass is 375 g/mol. The Labute approximate surface area is 130 Å². The SMILES string of the molecule is CN(Cc1ccccn1)S(=O)(=O)c1cc(CN)sc1Br. The van der Waals surface area contributed by atoms with Crippen molar-refractivity contribution < 1.29 is 8.42 Å². The van der Waals surface area contributed by atoms with Gasteiger partial charge in [-0.15, -0.1) is 11.3 Å². The van der Waals surface area contributed by atoms with Gasteiger partial charge in [0, 0.05) is 24.7 Å². The largest absolute Gasteiger partial charge is 0.326 e. The minimum Gasteiger partial charge on any atom is -0.326 e. The lowest BCUT2D eigenvalue weighted by Crippen LogP contribution is -2.26. The summed E-state index contributed by atoms with van der Waals surface area (Å²) < 4.78 is 26.9. The molecule has 20 heavy (non-hydrogen) atoms. The van der Waals surface area contributed by atoms with Crippen LogP contribution in [0, 0.1) is 0 Å². The van der Waals surface area contributed by atoms with Gasteiger partial charge in [-0.1, -0.05) is 6.07 Å². The van der Waals surface area contributed by atoms with Gasteiger partial charge in [0.1, 0.15) is 4.90 Å². The van der Waals surface area contributed by atoms with E-state index in [2.05, 4.69) is 20.9 Å². The van der Waals surface area contributed by atoms with Crippen LogP contribution in [-0.4, -0.2) is 24.8 Å². The lowest BCUT2D eigenvalue weighted by molar-refractivity contribution is 0.462. The van der Waals surface area contributed by atoms with Gasteiger partial charge in [-0.2, -0.15) is 4.31 Å². The van der Waals surface area contributed by atoms with Crippen molar-refractivity contribution in [1.82, 2.24) is 9.29 Å². The summed E-state index contributed by atoms with van der Waals surface area (Å²) in [5.74, 6) is 0. The molecule has 0 fully saturated rings. The van der Waals surface area contributed by atoms with Crippen LogP contribution in [0.5, 0.6) is 0 Å². The summed E-state index contributed by atoms with van der Waals surface area (Å²) in [6.07, 6.45) is 1.64. The van der Waals surface area contributed by atoms with E-state index in [0.29, 0.717) is 16.0 Å². The molecule has 0 unspecified atom stereocenters. The van der Waals surface area contributed by atoms with Crippen molar-refractivity contribution >= 4 is 37.3 Å². The highest BCUT2D eigenvalue weighted by molar-refractivity contribution is 9.11. The van der Waals surface area contributed by atoms with Crippen molar-refractivity contribution in [2.24, 2.45) is 5.73 Å². The van der Waals surface area contributed by atoms with E-state index in [4.69, 9.17) is 5.73 Å². The highest BCUT2D eigenvalue weighted by Crippen LogP contribution is 2.33. The zero-order valence-electron chi connectivity index (χ0n) is 10.8. The fraction of sp³-hybridized carbons (Fsp3) is 0.250. The zero-order chi connectivity index (χ0) is 14.8. The molecule has 5 nitrogen and oxygen atoms in total. The number of pyridine rings is 1. The van der Waals surface area contributed by atoms with Gasteiger partial charge >= 0.3 is 0 Å². The molecule has 8 heteroatoms. The lowest BCUT2D eigenvalue weighted by Gasteiger charge is -2.16. The lowest BCUT2D eigenvalue weighted by atomic mass is 10.3. The Kier molecular flexibility index (Phi) is 4.92. The Morgan fingerprint density at radius 1 is 1.45 bits per heavy atom. The number of sulfonamides is 1. The third kappa shape index (κ3) is 3.26. The molecule has 0 saturated heterocycles. The predicted octanol–water partition coefficient (Wildman–Crippen LogP) is 2.19. The van der Waals surface area contributed by atoms with Crippen LogP contribution in [0.3, 0.4) is 0 Å². The van der Waals surface area contributed by atoms with Gasteiger partial charge in [-0.3, -0.25) is 4.98 Å². The van der Waals surface area contributed by atoms with Gasteiger partial charge < -0.3 is 5.73 Å². The first-order valence-electron chi connectivity index (χ1n) is 5.79. The van der Waals surface area contributed by atoms with E-state index in [1.807, 2.05) is 6.07 Å². The van der Waals surface area contributed by atoms with Gasteiger partial charge in [0.15, 0.2) is 0 Å². The molecule has 0 saturated carbocycles. The Hall–Kier alpha value is -0.800. The van der Waals surface area contributed by atoms with Crippen LogP contribution in [0.25, 0.3) is 0 Å². The van der Waals surface area contributed by atoms with E-state index < -0.39 is 10.0 Å². The number of rotatable bonds is 5. The van der Waals surface area contributed by atoms with Crippen LogP contribution in [-0.2, 0) is 23.1 Å². The molecule has 0 aliphatic rings. The first kappa shape index (κ1) is 15.6. The molecule has 0 spiro atoms. The fourth-order valence-electron chi connectivity index (χ4n) is 1.65. The van der Waals surface area contributed by atoms with Gasteiger partial charge in [-0.05, 0) is 34.1 Å². The minimum absolute atomic E-state index is 0.226.